The number of hydrogen-bond donors (Lipinski definition) is 0. The highest BCUT2D eigenvalue weighted by molar-refractivity contribution is 6.31. The predicted octanol–water partition coefficient (Wildman–Crippen LogP) is 4.13. The monoisotopic (exact) mass is 338 g/mol. The molecule has 4 rings (SSSR count). The Morgan fingerprint density at radius 2 is 2.00 bits per heavy atom. The molecule has 0 aliphatic carbocycles. The molecule has 1 fully saturated rings. The third-order valence-electron chi connectivity index (χ3n) is 4.38. The highest BCUT2D eigenvalue weighted by atomic mass is 35.5. The number of rotatable bonds is 2. The Morgan fingerprint density at radius 3 is 2.79 bits per heavy atom. The molecule has 6 heteroatoms. The highest BCUT2D eigenvalue weighted by Crippen LogP contribution is 2.32. The Balaban J connectivity index is 1.49. The second-order valence-electron chi connectivity index (χ2n) is 5.92. The van der Waals surface area contributed by atoms with Crippen molar-refractivity contribution in [1.29, 1.82) is 5.26 Å². The van der Waals surface area contributed by atoms with Gasteiger partial charge in [0.1, 0.15) is 23.1 Å². The van der Waals surface area contributed by atoms with Crippen LogP contribution in [0.4, 0.5) is 5.82 Å². The molecule has 0 spiro atoms. The molecule has 0 radical (unpaired) electrons. The minimum Gasteiger partial charge on any atom is -0.440 e. The summed E-state index contributed by atoms with van der Waals surface area (Å²) in [5.41, 5.74) is 2.04. The van der Waals surface area contributed by atoms with E-state index in [4.69, 9.17) is 21.3 Å². The van der Waals surface area contributed by atoms with Crippen molar-refractivity contribution in [3.05, 3.63) is 53.0 Å². The zero-order valence-corrected chi connectivity index (χ0v) is 13.7. The summed E-state index contributed by atoms with van der Waals surface area (Å²) >= 11 is 6.01. The van der Waals surface area contributed by atoms with Gasteiger partial charge in [0, 0.05) is 24.0 Å². The van der Waals surface area contributed by atoms with Gasteiger partial charge in [0.25, 0.3) is 0 Å². The normalized spacial score (nSPS) is 15.6. The number of piperidine rings is 1. The van der Waals surface area contributed by atoms with Crippen LogP contribution in [0.3, 0.4) is 0 Å². The Bertz CT molecular complexity index is 922. The molecule has 0 saturated carbocycles. The maximum Gasteiger partial charge on any atom is 0.198 e. The van der Waals surface area contributed by atoms with Gasteiger partial charge in [-0.05, 0) is 43.2 Å². The van der Waals surface area contributed by atoms with Gasteiger partial charge in [0.15, 0.2) is 11.5 Å². The molecule has 0 bridgehead atoms. The molecular formula is C18H15ClN4O. The smallest absolute Gasteiger partial charge is 0.198 e. The van der Waals surface area contributed by atoms with Crippen molar-refractivity contribution >= 4 is 28.5 Å². The largest absolute Gasteiger partial charge is 0.440 e. The molecule has 120 valence electrons. The maximum atomic E-state index is 8.98. The average Bonchev–Trinajstić information content (AvgIpc) is 3.05. The Kier molecular flexibility index (Phi) is 3.83. The number of fused-ring (bicyclic) bond motifs is 1. The van der Waals surface area contributed by atoms with E-state index in [2.05, 4.69) is 20.9 Å². The molecule has 1 saturated heterocycles. The Hall–Kier alpha value is -2.58. The van der Waals surface area contributed by atoms with Crippen molar-refractivity contribution in [2.75, 3.05) is 18.0 Å². The van der Waals surface area contributed by atoms with E-state index in [1.807, 2.05) is 30.3 Å². The first kappa shape index (κ1) is 15.0. The van der Waals surface area contributed by atoms with Gasteiger partial charge in [-0.1, -0.05) is 17.7 Å². The molecule has 24 heavy (non-hydrogen) atoms. The van der Waals surface area contributed by atoms with Crippen molar-refractivity contribution < 1.29 is 4.42 Å². The molecule has 1 aliphatic rings. The summed E-state index contributed by atoms with van der Waals surface area (Å²) in [5, 5.41) is 9.65. The van der Waals surface area contributed by atoms with Crippen molar-refractivity contribution in [1.82, 2.24) is 9.97 Å². The minimum absolute atomic E-state index is 0.298. The van der Waals surface area contributed by atoms with Gasteiger partial charge in [-0.25, -0.2) is 9.97 Å². The third-order valence-corrected chi connectivity index (χ3v) is 4.62. The number of nitrogens with zero attached hydrogens (tertiary/aromatic N) is 4. The van der Waals surface area contributed by atoms with Crippen molar-refractivity contribution in [3.63, 3.8) is 0 Å². The topological polar surface area (TPSA) is 66.0 Å². The van der Waals surface area contributed by atoms with Gasteiger partial charge in [-0.15, -0.1) is 0 Å². The van der Waals surface area contributed by atoms with Crippen LogP contribution in [0.2, 0.25) is 5.02 Å². The van der Waals surface area contributed by atoms with Crippen LogP contribution in [-0.2, 0) is 0 Å². The predicted molar refractivity (Wildman–Crippen MR) is 92.2 cm³/mol. The van der Waals surface area contributed by atoms with Crippen LogP contribution >= 0.6 is 11.6 Å². The van der Waals surface area contributed by atoms with Crippen LogP contribution in [0.5, 0.6) is 0 Å². The number of aromatic nitrogens is 2. The summed E-state index contributed by atoms with van der Waals surface area (Å²) in [6.45, 7) is 1.73. The number of nitriles is 1. The highest BCUT2D eigenvalue weighted by Gasteiger charge is 2.25. The summed E-state index contributed by atoms with van der Waals surface area (Å²) in [6, 6.07) is 13.1. The molecule has 1 aliphatic heterocycles. The first-order valence-corrected chi connectivity index (χ1v) is 8.29. The molecule has 1 aromatic carbocycles. The third kappa shape index (κ3) is 2.81. The summed E-state index contributed by atoms with van der Waals surface area (Å²) in [5.74, 6) is 1.94. The standard InChI is InChI=1S/C18H15ClN4O/c19-13-4-5-16-15(10-13)22-18(24-16)12-6-8-23(9-7-12)17-3-1-2-14(11-20)21-17/h1-5,10,12H,6-9H2. The summed E-state index contributed by atoms with van der Waals surface area (Å²) < 4.78 is 5.89. The lowest BCUT2D eigenvalue weighted by molar-refractivity contribution is 0.406. The zero-order chi connectivity index (χ0) is 16.5. The van der Waals surface area contributed by atoms with Gasteiger partial charge >= 0.3 is 0 Å². The summed E-state index contributed by atoms with van der Waals surface area (Å²) in [4.78, 5) is 11.2. The van der Waals surface area contributed by atoms with Crippen molar-refractivity contribution in [2.24, 2.45) is 0 Å². The van der Waals surface area contributed by atoms with Crippen LogP contribution < -0.4 is 4.90 Å². The lowest BCUT2D eigenvalue weighted by Gasteiger charge is -2.31. The first-order chi connectivity index (χ1) is 11.7. The Morgan fingerprint density at radius 1 is 1.17 bits per heavy atom. The number of pyridine rings is 1. The van der Waals surface area contributed by atoms with Gasteiger partial charge in [-0.2, -0.15) is 5.26 Å². The number of anilines is 1. The summed E-state index contributed by atoms with van der Waals surface area (Å²) in [6.07, 6.45) is 1.89. The van der Waals surface area contributed by atoms with E-state index >= 15 is 0 Å². The van der Waals surface area contributed by atoms with E-state index in [1.54, 1.807) is 6.07 Å². The van der Waals surface area contributed by atoms with Gasteiger partial charge in [0.05, 0.1) is 0 Å². The fourth-order valence-electron chi connectivity index (χ4n) is 3.11. The van der Waals surface area contributed by atoms with Gasteiger partial charge < -0.3 is 9.32 Å². The van der Waals surface area contributed by atoms with Gasteiger partial charge in [-0.3, -0.25) is 0 Å². The van der Waals surface area contributed by atoms with E-state index < -0.39 is 0 Å². The Labute approximate surface area is 144 Å². The van der Waals surface area contributed by atoms with Crippen LogP contribution in [-0.4, -0.2) is 23.1 Å². The minimum atomic E-state index is 0.298. The quantitative estimate of drug-likeness (QED) is 0.702. The van der Waals surface area contributed by atoms with E-state index in [0.717, 1.165) is 48.7 Å². The zero-order valence-electron chi connectivity index (χ0n) is 12.9. The molecule has 3 heterocycles. The molecule has 0 amide bonds. The molecule has 0 unspecified atom stereocenters. The van der Waals surface area contributed by atoms with Crippen molar-refractivity contribution in [2.45, 2.75) is 18.8 Å². The van der Waals surface area contributed by atoms with Gasteiger partial charge in [0.2, 0.25) is 0 Å². The number of oxazole rings is 1. The first-order valence-electron chi connectivity index (χ1n) is 7.91. The van der Waals surface area contributed by atoms with Crippen LogP contribution in [0, 0.1) is 11.3 Å². The fourth-order valence-corrected chi connectivity index (χ4v) is 3.28. The lowest BCUT2D eigenvalue weighted by Crippen LogP contribution is -2.33. The van der Waals surface area contributed by atoms with Crippen LogP contribution in [0.25, 0.3) is 11.1 Å². The molecule has 5 nitrogen and oxygen atoms in total. The molecule has 0 atom stereocenters. The second kappa shape index (κ2) is 6.14. The SMILES string of the molecule is N#Cc1cccc(N2CCC(c3nc4cc(Cl)ccc4o3)CC2)n1. The van der Waals surface area contributed by atoms with Crippen LogP contribution in [0.15, 0.2) is 40.8 Å². The van der Waals surface area contributed by atoms with Crippen molar-refractivity contribution in [3.8, 4) is 6.07 Å². The lowest BCUT2D eigenvalue weighted by atomic mass is 9.97. The van der Waals surface area contributed by atoms with E-state index in [9.17, 15) is 0 Å². The molecule has 3 aromatic rings. The average molecular weight is 339 g/mol. The fraction of sp³-hybridized carbons (Fsp3) is 0.278. The second-order valence-corrected chi connectivity index (χ2v) is 6.35. The van der Waals surface area contributed by atoms with E-state index in [1.165, 1.54) is 0 Å². The van der Waals surface area contributed by atoms with Crippen LogP contribution in [0.1, 0.15) is 30.3 Å². The van der Waals surface area contributed by atoms with E-state index in [0.29, 0.717) is 16.6 Å². The van der Waals surface area contributed by atoms with E-state index in [-0.39, 0.29) is 0 Å². The molecule has 0 N–H and O–H groups in total. The summed E-state index contributed by atoms with van der Waals surface area (Å²) in [7, 11) is 0. The number of benzene rings is 1. The maximum absolute atomic E-state index is 8.98. The number of halogens is 1. The molecular weight excluding hydrogens is 324 g/mol. The number of hydrogen-bond acceptors (Lipinski definition) is 5. The molecule has 2 aromatic heterocycles.